The van der Waals surface area contributed by atoms with Gasteiger partial charge in [0, 0.05) is 24.9 Å². The third-order valence-corrected chi connectivity index (χ3v) is 3.54. The number of aromatic carboxylic acids is 1. The number of carbonyl (C=O) groups is 1. The molecule has 1 aliphatic carbocycles. The summed E-state index contributed by atoms with van der Waals surface area (Å²) in [7, 11) is 1.62. The SMILES string of the molecule is COC1CCCC1Nc1ccc([N+](=O)[O-])cc1C(=O)O. The fraction of sp³-hybridized carbons (Fsp3) is 0.462. The Hall–Kier alpha value is -2.15. The highest BCUT2D eigenvalue weighted by atomic mass is 16.6. The number of non-ortho nitro benzene ring substituents is 1. The highest BCUT2D eigenvalue weighted by Crippen LogP contribution is 2.28. The Labute approximate surface area is 115 Å². The Bertz CT molecular complexity index is 531. The number of nitrogens with one attached hydrogen (secondary N) is 1. The molecule has 0 amide bonds. The zero-order valence-electron chi connectivity index (χ0n) is 11.0. The van der Waals surface area contributed by atoms with Crippen molar-refractivity contribution >= 4 is 17.3 Å². The van der Waals surface area contributed by atoms with E-state index in [4.69, 9.17) is 4.74 Å². The molecule has 2 N–H and O–H groups in total. The topological polar surface area (TPSA) is 102 Å². The standard InChI is InChI=1S/C13H16N2O5/c1-20-12-4-2-3-11(12)14-10-6-5-8(15(18)19)7-9(10)13(16)17/h5-7,11-12,14H,2-4H2,1H3,(H,16,17). The molecule has 20 heavy (non-hydrogen) atoms. The number of anilines is 1. The van der Waals surface area contributed by atoms with Gasteiger partial charge in [0.05, 0.1) is 22.6 Å². The van der Waals surface area contributed by atoms with Crippen LogP contribution >= 0.6 is 0 Å². The summed E-state index contributed by atoms with van der Waals surface area (Å²) in [5, 5.41) is 23.0. The number of hydrogen-bond donors (Lipinski definition) is 2. The molecule has 0 bridgehead atoms. The maximum Gasteiger partial charge on any atom is 0.338 e. The van der Waals surface area contributed by atoms with Crippen molar-refractivity contribution in [2.45, 2.75) is 31.4 Å². The predicted octanol–water partition coefficient (Wildman–Crippen LogP) is 2.27. The lowest BCUT2D eigenvalue weighted by Gasteiger charge is -2.21. The van der Waals surface area contributed by atoms with Gasteiger partial charge in [-0.3, -0.25) is 10.1 Å². The van der Waals surface area contributed by atoms with Gasteiger partial charge >= 0.3 is 5.97 Å². The fourth-order valence-corrected chi connectivity index (χ4v) is 2.52. The molecule has 0 saturated heterocycles. The molecule has 0 aliphatic heterocycles. The highest BCUT2D eigenvalue weighted by molar-refractivity contribution is 5.95. The summed E-state index contributed by atoms with van der Waals surface area (Å²) in [5.41, 5.74) is 0.0562. The van der Waals surface area contributed by atoms with Crippen molar-refractivity contribution < 1.29 is 19.6 Å². The van der Waals surface area contributed by atoms with Gasteiger partial charge in [-0.2, -0.15) is 0 Å². The van der Waals surface area contributed by atoms with Gasteiger partial charge in [-0.15, -0.1) is 0 Å². The first-order valence-electron chi connectivity index (χ1n) is 6.34. The lowest BCUT2D eigenvalue weighted by atomic mass is 10.1. The van der Waals surface area contributed by atoms with Gasteiger partial charge in [0.2, 0.25) is 0 Å². The Balaban J connectivity index is 2.27. The molecular weight excluding hydrogens is 264 g/mol. The van der Waals surface area contributed by atoms with Crippen molar-refractivity contribution in [2.75, 3.05) is 12.4 Å². The molecule has 0 aromatic heterocycles. The fourth-order valence-electron chi connectivity index (χ4n) is 2.52. The predicted molar refractivity (Wildman–Crippen MR) is 72.1 cm³/mol. The molecule has 0 spiro atoms. The number of nitrogens with zero attached hydrogens (tertiary/aromatic N) is 1. The lowest BCUT2D eigenvalue weighted by Crippen LogP contribution is -2.30. The van der Waals surface area contributed by atoms with Gasteiger partial charge in [-0.1, -0.05) is 0 Å². The summed E-state index contributed by atoms with van der Waals surface area (Å²) < 4.78 is 5.34. The largest absolute Gasteiger partial charge is 0.478 e. The van der Waals surface area contributed by atoms with Gasteiger partial charge in [0.15, 0.2) is 0 Å². The van der Waals surface area contributed by atoms with Crippen LogP contribution in [0.4, 0.5) is 11.4 Å². The molecule has 7 heteroatoms. The summed E-state index contributed by atoms with van der Waals surface area (Å²) in [6, 6.07) is 3.83. The van der Waals surface area contributed by atoms with E-state index in [-0.39, 0.29) is 23.4 Å². The van der Waals surface area contributed by atoms with Crippen LogP contribution in [0.1, 0.15) is 29.6 Å². The highest BCUT2D eigenvalue weighted by Gasteiger charge is 2.28. The average molecular weight is 280 g/mol. The molecule has 1 aromatic carbocycles. The summed E-state index contributed by atoms with van der Waals surface area (Å²) >= 11 is 0. The van der Waals surface area contributed by atoms with E-state index in [1.807, 2.05) is 0 Å². The summed E-state index contributed by atoms with van der Waals surface area (Å²) in [5.74, 6) is -1.19. The van der Waals surface area contributed by atoms with E-state index < -0.39 is 10.9 Å². The maximum atomic E-state index is 11.2. The Kier molecular flexibility index (Phi) is 4.19. The van der Waals surface area contributed by atoms with Gasteiger partial charge < -0.3 is 15.2 Å². The molecule has 2 unspecified atom stereocenters. The van der Waals surface area contributed by atoms with Crippen LogP contribution in [0, 0.1) is 10.1 Å². The quantitative estimate of drug-likeness (QED) is 0.633. The second-order valence-electron chi connectivity index (χ2n) is 4.75. The molecule has 1 fully saturated rings. The van der Waals surface area contributed by atoms with E-state index in [9.17, 15) is 20.0 Å². The lowest BCUT2D eigenvalue weighted by molar-refractivity contribution is -0.384. The van der Waals surface area contributed by atoms with E-state index >= 15 is 0 Å². The normalized spacial score (nSPS) is 21.6. The van der Waals surface area contributed by atoms with Crippen LogP contribution in [-0.2, 0) is 4.74 Å². The zero-order chi connectivity index (χ0) is 14.7. The van der Waals surface area contributed by atoms with E-state index in [1.165, 1.54) is 12.1 Å². The number of carboxylic acids is 1. The number of rotatable bonds is 5. The van der Waals surface area contributed by atoms with Crippen LogP contribution in [0.2, 0.25) is 0 Å². The molecule has 1 aromatic rings. The van der Waals surface area contributed by atoms with Crippen molar-refractivity contribution in [2.24, 2.45) is 0 Å². The van der Waals surface area contributed by atoms with E-state index in [0.717, 1.165) is 25.3 Å². The maximum absolute atomic E-state index is 11.2. The van der Waals surface area contributed by atoms with Gasteiger partial charge in [-0.05, 0) is 25.3 Å². The van der Waals surface area contributed by atoms with Crippen LogP contribution in [-0.4, -0.2) is 35.3 Å². The molecule has 2 rings (SSSR count). The Morgan fingerprint density at radius 3 is 2.85 bits per heavy atom. The van der Waals surface area contributed by atoms with E-state index in [0.29, 0.717) is 5.69 Å². The molecule has 2 atom stereocenters. The first-order chi connectivity index (χ1) is 9.52. The number of benzene rings is 1. The molecule has 7 nitrogen and oxygen atoms in total. The number of hydrogen-bond acceptors (Lipinski definition) is 5. The van der Waals surface area contributed by atoms with Crippen LogP contribution in [0.15, 0.2) is 18.2 Å². The third-order valence-electron chi connectivity index (χ3n) is 3.54. The van der Waals surface area contributed by atoms with Crippen molar-refractivity contribution in [1.82, 2.24) is 0 Å². The minimum absolute atomic E-state index is 0.0274. The zero-order valence-corrected chi connectivity index (χ0v) is 11.0. The van der Waals surface area contributed by atoms with Crippen molar-refractivity contribution in [1.29, 1.82) is 0 Å². The monoisotopic (exact) mass is 280 g/mol. The Morgan fingerprint density at radius 2 is 2.25 bits per heavy atom. The number of methoxy groups -OCH3 is 1. The van der Waals surface area contributed by atoms with Gasteiger partial charge in [0.1, 0.15) is 0 Å². The van der Waals surface area contributed by atoms with Crippen molar-refractivity contribution in [3.05, 3.63) is 33.9 Å². The first-order valence-corrected chi connectivity index (χ1v) is 6.34. The van der Waals surface area contributed by atoms with Crippen LogP contribution in [0.25, 0.3) is 0 Å². The number of ether oxygens (including phenoxy) is 1. The van der Waals surface area contributed by atoms with Crippen LogP contribution in [0.5, 0.6) is 0 Å². The van der Waals surface area contributed by atoms with Gasteiger partial charge in [-0.25, -0.2) is 4.79 Å². The van der Waals surface area contributed by atoms with Crippen LogP contribution in [0.3, 0.4) is 0 Å². The molecule has 1 saturated carbocycles. The minimum Gasteiger partial charge on any atom is -0.478 e. The second kappa shape index (κ2) is 5.87. The van der Waals surface area contributed by atoms with Crippen LogP contribution < -0.4 is 5.32 Å². The molecular formula is C13H16N2O5. The Morgan fingerprint density at radius 1 is 1.50 bits per heavy atom. The first kappa shape index (κ1) is 14.3. The second-order valence-corrected chi connectivity index (χ2v) is 4.75. The number of nitro groups is 1. The summed E-state index contributed by atoms with van der Waals surface area (Å²) in [6.45, 7) is 0. The number of carboxylic acid groups (broad SMARTS) is 1. The van der Waals surface area contributed by atoms with Crippen molar-refractivity contribution in [3.63, 3.8) is 0 Å². The van der Waals surface area contributed by atoms with Crippen molar-refractivity contribution in [3.8, 4) is 0 Å². The molecule has 0 radical (unpaired) electrons. The molecule has 0 heterocycles. The smallest absolute Gasteiger partial charge is 0.338 e. The van der Waals surface area contributed by atoms with Gasteiger partial charge in [0.25, 0.3) is 5.69 Å². The summed E-state index contributed by atoms with van der Waals surface area (Å²) in [6.07, 6.45) is 2.84. The van der Waals surface area contributed by atoms with E-state index in [1.54, 1.807) is 7.11 Å². The van der Waals surface area contributed by atoms with E-state index in [2.05, 4.69) is 5.32 Å². The summed E-state index contributed by atoms with van der Waals surface area (Å²) in [4.78, 5) is 21.3. The minimum atomic E-state index is -1.19. The average Bonchev–Trinajstić information content (AvgIpc) is 2.85. The third kappa shape index (κ3) is 2.88. The molecule has 108 valence electrons. The number of nitro benzene ring substituents is 1. The molecule has 1 aliphatic rings.